The van der Waals surface area contributed by atoms with E-state index in [1.807, 2.05) is 6.08 Å². The van der Waals surface area contributed by atoms with E-state index in [2.05, 4.69) is 13.8 Å². The van der Waals surface area contributed by atoms with Crippen LogP contribution in [0.25, 0.3) is 0 Å². The van der Waals surface area contributed by atoms with Crippen molar-refractivity contribution in [1.82, 2.24) is 0 Å². The third-order valence-electron chi connectivity index (χ3n) is 9.73. The van der Waals surface area contributed by atoms with Gasteiger partial charge in [0, 0.05) is 18.9 Å². The number of allylic oxidation sites excluding steroid dienone is 2. The molecular formula is C41H76NO10P. The van der Waals surface area contributed by atoms with E-state index in [4.69, 9.17) is 24.3 Å². The van der Waals surface area contributed by atoms with Crippen LogP contribution in [0.5, 0.6) is 0 Å². The minimum atomic E-state index is -4.38. The van der Waals surface area contributed by atoms with Crippen LogP contribution in [0.3, 0.4) is 0 Å². The first-order chi connectivity index (χ1) is 25.6. The van der Waals surface area contributed by atoms with Crippen molar-refractivity contribution in [2.75, 3.05) is 26.4 Å². The lowest BCUT2D eigenvalue weighted by Gasteiger charge is -2.20. The number of phosphoric acid groups is 1. The maximum Gasteiger partial charge on any atom is 0.472 e. The second kappa shape index (κ2) is 32.7. The number of hydrogen-bond donors (Lipinski definition) is 5. The van der Waals surface area contributed by atoms with Crippen molar-refractivity contribution in [1.29, 1.82) is 0 Å². The predicted molar refractivity (Wildman–Crippen MR) is 212 cm³/mol. The molecule has 53 heavy (non-hydrogen) atoms. The average molecular weight is 774 g/mol. The summed E-state index contributed by atoms with van der Waals surface area (Å²) < 4.78 is 33.1. The highest BCUT2D eigenvalue weighted by Gasteiger charge is 2.39. The van der Waals surface area contributed by atoms with Crippen molar-refractivity contribution in [2.45, 2.75) is 180 Å². The number of aliphatic hydroxyl groups excluding tert-OH is 3. The molecule has 1 saturated carbocycles. The Hall–Kier alpha value is -1.56. The van der Waals surface area contributed by atoms with E-state index in [0.717, 1.165) is 38.5 Å². The third-order valence-corrected chi connectivity index (χ3v) is 10.7. The van der Waals surface area contributed by atoms with Gasteiger partial charge < -0.3 is 35.4 Å². The fourth-order valence-electron chi connectivity index (χ4n) is 6.58. The Balaban J connectivity index is 2.44. The first-order valence-corrected chi connectivity index (χ1v) is 22.3. The molecule has 1 rings (SSSR count). The lowest BCUT2D eigenvalue weighted by molar-refractivity contribution is -0.152. The summed E-state index contributed by atoms with van der Waals surface area (Å²) in [5, 5.41) is 31.3. The van der Waals surface area contributed by atoms with Crippen molar-refractivity contribution >= 4 is 13.8 Å². The van der Waals surface area contributed by atoms with Gasteiger partial charge in [-0.05, 0) is 37.7 Å². The Kier molecular flexibility index (Phi) is 30.5. The quantitative estimate of drug-likeness (QED) is 0.0137. The molecule has 0 aromatic rings. The van der Waals surface area contributed by atoms with Crippen molar-refractivity contribution in [2.24, 2.45) is 17.6 Å². The molecule has 0 spiro atoms. The van der Waals surface area contributed by atoms with E-state index in [-0.39, 0.29) is 44.4 Å². The largest absolute Gasteiger partial charge is 0.498 e. The number of rotatable bonds is 35. The summed E-state index contributed by atoms with van der Waals surface area (Å²) in [4.78, 5) is 22.6. The van der Waals surface area contributed by atoms with Gasteiger partial charge in [0.05, 0.1) is 44.2 Å². The van der Waals surface area contributed by atoms with Crippen LogP contribution in [-0.4, -0.2) is 77.0 Å². The lowest BCUT2D eigenvalue weighted by Crippen LogP contribution is -2.27. The fourth-order valence-corrected chi connectivity index (χ4v) is 7.35. The minimum absolute atomic E-state index is 0.0424. The van der Waals surface area contributed by atoms with Gasteiger partial charge in [-0.25, -0.2) is 4.57 Å². The Labute approximate surface area is 321 Å². The monoisotopic (exact) mass is 774 g/mol. The molecule has 6 N–H and O–H groups in total. The molecule has 310 valence electrons. The summed E-state index contributed by atoms with van der Waals surface area (Å²) in [6.45, 7) is 3.75. The molecule has 0 amide bonds. The van der Waals surface area contributed by atoms with Gasteiger partial charge in [-0.2, -0.15) is 0 Å². The molecule has 1 unspecified atom stereocenters. The van der Waals surface area contributed by atoms with Crippen molar-refractivity contribution in [3.8, 4) is 0 Å². The molecule has 0 aliphatic heterocycles. The standard InChI is InChI=1S/C41H76NO10P/c1-3-5-7-8-9-10-11-12-13-14-15-16-17-18-19-23-30-49-33-36(34-51-53(47,48)50-31-29-42)52-41(46)26-22-21-25-37-38(40(45)32-39(37)44)28-27-35(43)24-20-6-4-2/h21-23,27-28,30,35-40,43-45H,3-20,24-26,29,31-34,42H2,1-2H3,(H,47,48)/b22-21-,28-27+,30-23+/t35-,36-,37+,38-,39+,40-/m1/s1. The van der Waals surface area contributed by atoms with Crippen LogP contribution < -0.4 is 5.73 Å². The number of phosphoric ester groups is 1. The number of carbonyl (C=O) groups excluding carboxylic acids is 1. The van der Waals surface area contributed by atoms with Gasteiger partial charge in [-0.1, -0.05) is 141 Å². The number of carbonyl (C=O) groups is 1. The van der Waals surface area contributed by atoms with Crippen LogP contribution in [0, 0.1) is 11.8 Å². The third kappa shape index (κ3) is 26.8. The highest BCUT2D eigenvalue weighted by atomic mass is 31.2. The molecule has 11 nitrogen and oxygen atoms in total. The summed E-state index contributed by atoms with van der Waals surface area (Å²) in [6.07, 6.45) is 30.9. The molecule has 12 heteroatoms. The van der Waals surface area contributed by atoms with Crippen molar-refractivity contribution in [3.05, 3.63) is 36.6 Å². The van der Waals surface area contributed by atoms with E-state index in [1.54, 1.807) is 30.6 Å². The second-order valence-corrected chi connectivity index (χ2v) is 16.0. The molecule has 0 saturated heterocycles. The number of hydrogen-bond acceptors (Lipinski definition) is 10. The molecule has 0 heterocycles. The van der Waals surface area contributed by atoms with E-state index < -0.39 is 44.8 Å². The van der Waals surface area contributed by atoms with Crippen LogP contribution >= 0.6 is 7.82 Å². The van der Waals surface area contributed by atoms with Gasteiger partial charge in [0.2, 0.25) is 0 Å². The average Bonchev–Trinajstić information content (AvgIpc) is 3.40. The molecule has 1 aliphatic carbocycles. The summed E-state index contributed by atoms with van der Waals surface area (Å²) in [5.41, 5.74) is 5.35. The molecule has 1 fully saturated rings. The van der Waals surface area contributed by atoms with Crippen LogP contribution in [0.4, 0.5) is 0 Å². The van der Waals surface area contributed by atoms with Crippen LogP contribution in [0.2, 0.25) is 0 Å². The zero-order valence-corrected chi connectivity index (χ0v) is 34.0. The van der Waals surface area contributed by atoms with Gasteiger partial charge >= 0.3 is 13.8 Å². The van der Waals surface area contributed by atoms with E-state index in [1.165, 1.54) is 77.0 Å². The Morgan fingerprint density at radius 2 is 1.42 bits per heavy atom. The normalized spacial score (nSPS) is 21.5. The maximum absolute atomic E-state index is 12.7. The molecular weight excluding hydrogens is 697 g/mol. The second-order valence-electron chi connectivity index (χ2n) is 14.6. The predicted octanol–water partition coefficient (Wildman–Crippen LogP) is 8.58. The molecule has 0 aromatic carbocycles. The SMILES string of the molecule is CCCCCCCCCCCCCCCC/C=C/OC[C@H](COP(=O)(O)OCCN)OC(=O)C/C=C\C[C@H]1[C@@H](/C=C/[C@H](O)CCCCC)[C@H](O)C[C@@H]1O. The summed E-state index contributed by atoms with van der Waals surface area (Å²) in [5.74, 6) is -1.15. The topological polar surface area (TPSA) is 178 Å². The van der Waals surface area contributed by atoms with Crippen LogP contribution in [0.1, 0.15) is 155 Å². The van der Waals surface area contributed by atoms with Gasteiger partial charge in [0.15, 0.2) is 6.10 Å². The Morgan fingerprint density at radius 3 is 2.04 bits per heavy atom. The van der Waals surface area contributed by atoms with E-state index in [0.29, 0.717) is 12.8 Å². The number of nitrogens with two attached hydrogens (primary N) is 1. The molecule has 1 aliphatic rings. The van der Waals surface area contributed by atoms with Crippen molar-refractivity contribution in [3.63, 3.8) is 0 Å². The van der Waals surface area contributed by atoms with Gasteiger partial charge in [-0.3, -0.25) is 13.8 Å². The molecule has 0 radical (unpaired) electrons. The number of ether oxygens (including phenoxy) is 2. The first kappa shape index (κ1) is 49.5. The summed E-state index contributed by atoms with van der Waals surface area (Å²) in [6, 6.07) is 0. The highest BCUT2D eigenvalue weighted by molar-refractivity contribution is 7.47. The Bertz CT molecular complexity index is 1020. The van der Waals surface area contributed by atoms with Crippen LogP contribution in [-0.2, 0) is 27.9 Å². The molecule has 7 atom stereocenters. The summed E-state index contributed by atoms with van der Waals surface area (Å²) >= 11 is 0. The minimum Gasteiger partial charge on any atom is -0.498 e. The number of aliphatic hydroxyl groups is 3. The smallest absolute Gasteiger partial charge is 0.472 e. The zero-order chi connectivity index (χ0) is 39.0. The van der Waals surface area contributed by atoms with Crippen molar-refractivity contribution < 1.29 is 48.1 Å². The Morgan fingerprint density at radius 1 is 0.811 bits per heavy atom. The maximum atomic E-state index is 12.7. The number of unbranched alkanes of at least 4 members (excludes halogenated alkanes) is 16. The molecule has 0 aromatic heterocycles. The first-order valence-electron chi connectivity index (χ1n) is 20.8. The van der Waals surface area contributed by atoms with Gasteiger partial charge in [0.25, 0.3) is 0 Å². The van der Waals surface area contributed by atoms with Gasteiger partial charge in [-0.15, -0.1) is 0 Å². The molecule has 0 bridgehead atoms. The zero-order valence-electron chi connectivity index (χ0n) is 33.1. The van der Waals surface area contributed by atoms with E-state index in [9.17, 15) is 29.6 Å². The lowest BCUT2D eigenvalue weighted by atomic mass is 9.89. The van der Waals surface area contributed by atoms with Gasteiger partial charge in [0.1, 0.15) is 6.61 Å². The van der Waals surface area contributed by atoms with E-state index >= 15 is 0 Å². The highest BCUT2D eigenvalue weighted by Crippen LogP contribution is 2.43. The fraction of sp³-hybridized carbons (Fsp3) is 0.829. The number of esters is 1. The van der Waals surface area contributed by atoms with Crippen LogP contribution in [0.15, 0.2) is 36.6 Å². The summed E-state index contributed by atoms with van der Waals surface area (Å²) in [7, 11) is -4.38.